The number of hydrogen-bond donors (Lipinski definition) is 0. The second-order valence-electron chi connectivity index (χ2n) is 1.68. The summed E-state index contributed by atoms with van der Waals surface area (Å²) in [6.07, 6.45) is 0.0819. The van der Waals surface area contributed by atoms with Crippen molar-refractivity contribution in [2.75, 3.05) is 12.8 Å². The molecule has 4 heteroatoms. The average Bonchev–Trinajstić information content (AvgIpc) is 1.63. The van der Waals surface area contributed by atoms with Gasteiger partial charge in [0.05, 0.1) is 12.8 Å². The Morgan fingerprint density at radius 1 is 1.67 bits per heavy atom. The normalized spacial score (nSPS) is 13.1. The highest BCUT2D eigenvalue weighted by Crippen LogP contribution is 2.20. The Balaban J connectivity index is 3.39. The third-order valence-corrected chi connectivity index (χ3v) is 2.10. The summed E-state index contributed by atoms with van der Waals surface area (Å²) in [6.45, 7) is 3.58. The molecule has 0 aliphatic heterocycles. The van der Waals surface area contributed by atoms with Crippen molar-refractivity contribution in [2.24, 2.45) is 0 Å². The van der Waals surface area contributed by atoms with Crippen LogP contribution in [0.1, 0.15) is 13.8 Å². The molecule has 3 nitrogen and oxygen atoms in total. The fourth-order valence-corrected chi connectivity index (χ4v) is 1.25. The molecule has 0 radical (unpaired) electrons. The van der Waals surface area contributed by atoms with Gasteiger partial charge in [-0.15, -0.1) is 0 Å². The van der Waals surface area contributed by atoms with Crippen molar-refractivity contribution >= 4 is 13.8 Å². The van der Waals surface area contributed by atoms with E-state index in [0.29, 0.717) is 6.61 Å². The molecule has 0 amide bonds. The molecule has 0 bridgehead atoms. The topological polar surface area (TPSA) is 43.4 Å². The smallest absolute Gasteiger partial charge is 0.198 e. The number of Topliss-reactive ketones (excluding diaryl/α,β-unsaturated/α-hetero) is 1. The quantitative estimate of drug-likeness (QED) is 0.563. The molecule has 0 fully saturated rings. The molecule has 0 saturated heterocycles. The van der Waals surface area contributed by atoms with Gasteiger partial charge in [-0.2, -0.15) is 0 Å². The molecule has 0 N–H and O–H groups in total. The molecule has 9 heavy (non-hydrogen) atoms. The maximum absolute atomic E-state index is 10.6. The van der Waals surface area contributed by atoms with Crippen LogP contribution in [0.4, 0.5) is 0 Å². The van der Waals surface area contributed by atoms with E-state index in [1.807, 2.05) is 0 Å². The third-order valence-electron chi connectivity index (χ3n) is 0.699. The van der Waals surface area contributed by atoms with Gasteiger partial charge in [-0.05, 0) is 13.8 Å². The van der Waals surface area contributed by atoms with Crippen LogP contribution >= 0.6 is 8.03 Å². The van der Waals surface area contributed by atoms with Crippen LogP contribution in [0.25, 0.3) is 0 Å². The first-order valence-electron chi connectivity index (χ1n) is 2.82. The number of rotatable bonds is 4. The van der Waals surface area contributed by atoms with Gasteiger partial charge in [-0.25, -0.2) is 0 Å². The maximum Gasteiger partial charge on any atom is 0.198 e. The van der Waals surface area contributed by atoms with Crippen LogP contribution in [0, 0.1) is 0 Å². The van der Waals surface area contributed by atoms with Crippen molar-refractivity contribution in [1.29, 1.82) is 0 Å². The second kappa shape index (κ2) is 4.71. The molecule has 0 aliphatic carbocycles. The van der Waals surface area contributed by atoms with Crippen LogP contribution in [0.15, 0.2) is 0 Å². The Hall–Kier alpha value is -0.140. The van der Waals surface area contributed by atoms with E-state index in [1.54, 1.807) is 6.92 Å². The monoisotopic (exact) mass is 150 g/mol. The predicted molar refractivity (Wildman–Crippen MR) is 36.2 cm³/mol. The largest absolute Gasteiger partial charge is 0.330 e. The zero-order valence-corrected chi connectivity index (χ0v) is 6.64. The maximum atomic E-state index is 10.6. The van der Waals surface area contributed by atoms with Gasteiger partial charge >= 0.3 is 0 Å². The van der Waals surface area contributed by atoms with Gasteiger partial charge in [-0.1, -0.05) is 0 Å². The first-order chi connectivity index (χ1) is 4.16. The van der Waals surface area contributed by atoms with Crippen molar-refractivity contribution in [2.45, 2.75) is 13.8 Å². The van der Waals surface area contributed by atoms with Gasteiger partial charge < -0.3 is 4.52 Å². The first-order valence-corrected chi connectivity index (χ1v) is 4.34. The van der Waals surface area contributed by atoms with E-state index >= 15 is 0 Å². The van der Waals surface area contributed by atoms with E-state index in [0.717, 1.165) is 0 Å². The Morgan fingerprint density at radius 3 is 2.56 bits per heavy atom. The lowest BCUT2D eigenvalue weighted by atomic mass is 10.5. The number of hydrogen-bond acceptors (Lipinski definition) is 3. The molecular formula is C5H11O3P. The molecule has 0 aromatic rings. The van der Waals surface area contributed by atoms with Crippen LogP contribution in [-0.2, 0) is 13.9 Å². The van der Waals surface area contributed by atoms with Crippen LogP contribution in [0.2, 0.25) is 0 Å². The van der Waals surface area contributed by atoms with Gasteiger partial charge in [0.15, 0.2) is 8.03 Å². The van der Waals surface area contributed by atoms with Gasteiger partial charge in [0.1, 0.15) is 5.78 Å². The molecule has 0 aromatic carbocycles. The fourth-order valence-electron chi connectivity index (χ4n) is 0.415. The van der Waals surface area contributed by atoms with Gasteiger partial charge in [0.25, 0.3) is 0 Å². The molecule has 0 heterocycles. The minimum Gasteiger partial charge on any atom is -0.330 e. The Labute approximate surface area is 55.3 Å². The van der Waals surface area contributed by atoms with E-state index < -0.39 is 8.03 Å². The second-order valence-corrected chi connectivity index (χ2v) is 3.07. The number of carbonyl (C=O) groups excluding carboxylic acids is 1. The summed E-state index contributed by atoms with van der Waals surface area (Å²) in [5.41, 5.74) is 0. The molecule has 1 unspecified atom stereocenters. The standard InChI is InChI=1S/C5H11O3P/c1-3-8-9(7)4-5(2)6/h9H,3-4H2,1-2H3. The zero-order chi connectivity index (χ0) is 7.28. The average molecular weight is 150 g/mol. The van der Waals surface area contributed by atoms with Gasteiger partial charge in [-0.3, -0.25) is 9.36 Å². The molecular weight excluding hydrogens is 139 g/mol. The minimum atomic E-state index is -2.04. The highest BCUT2D eigenvalue weighted by atomic mass is 31.1. The highest BCUT2D eigenvalue weighted by molar-refractivity contribution is 7.40. The Morgan fingerprint density at radius 2 is 2.22 bits per heavy atom. The predicted octanol–water partition coefficient (Wildman–Crippen LogP) is 1.09. The van der Waals surface area contributed by atoms with E-state index in [2.05, 4.69) is 4.52 Å². The van der Waals surface area contributed by atoms with E-state index in [1.165, 1.54) is 6.92 Å². The molecule has 54 valence electrons. The Bertz CT molecular complexity index is 121. The molecule has 0 rings (SSSR count). The van der Waals surface area contributed by atoms with Crippen LogP contribution in [0.5, 0.6) is 0 Å². The molecule has 1 atom stereocenters. The summed E-state index contributed by atoms with van der Waals surface area (Å²) in [4.78, 5) is 10.3. The van der Waals surface area contributed by atoms with Crippen molar-refractivity contribution in [1.82, 2.24) is 0 Å². The van der Waals surface area contributed by atoms with E-state index in [4.69, 9.17) is 0 Å². The van der Waals surface area contributed by atoms with Crippen LogP contribution in [-0.4, -0.2) is 18.6 Å². The van der Waals surface area contributed by atoms with Crippen LogP contribution < -0.4 is 0 Å². The summed E-state index contributed by atoms with van der Waals surface area (Å²) < 4.78 is 15.3. The molecule has 0 aromatic heterocycles. The fraction of sp³-hybridized carbons (Fsp3) is 0.800. The third kappa shape index (κ3) is 5.74. The SMILES string of the molecule is CCO[PH](=O)CC(C)=O. The number of carbonyl (C=O) groups is 1. The van der Waals surface area contributed by atoms with E-state index in [9.17, 15) is 9.36 Å². The summed E-state index contributed by atoms with van der Waals surface area (Å²) in [5, 5.41) is 0. The molecule has 0 saturated carbocycles. The van der Waals surface area contributed by atoms with Gasteiger partial charge in [0, 0.05) is 0 Å². The number of ketones is 1. The molecule has 0 aliphatic rings. The van der Waals surface area contributed by atoms with Crippen LogP contribution in [0.3, 0.4) is 0 Å². The van der Waals surface area contributed by atoms with Crippen molar-refractivity contribution in [3.63, 3.8) is 0 Å². The van der Waals surface area contributed by atoms with Crippen molar-refractivity contribution in [3.05, 3.63) is 0 Å². The Kier molecular flexibility index (Phi) is 4.64. The summed E-state index contributed by atoms with van der Waals surface area (Å²) in [6, 6.07) is 0. The van der Waals surface area contributed by atoms with Crippen molar-refractivity contribution < 1.29 is 13.9 Å². The lowest BCUT2D eigenvalue weighted by Gasteiger charge is -1.95. The minimum absolute atomic E-state index is 0.0765. The lowest BCUT2D eigenvalue weighted by Crippen LogP contribution is -1.94. The zero-order valence-electron chi connectivity index (χ0n) is 5.64. The summed E-state index contributed by atoms with van der Waals surface area (Å²) in [7, 11) is -2.04. The van der Waals surface area contributed by atoms with Gasteiger partial charge in [0.2, 0.25) is 0 Å². The van der Waals surface area contributed by atoms with Crippen molar-refractivity contribution in [3.8, 4) is 0 Å². The van der Waals surface area contributed by atoms with E-state index in [-0.39, 0.29) is 11.9 Å². The highest BCUT2D eigenvalue weighted by Gasteiger charge is 2.00. The summed E-state index contributed by atoms with van der Waals surface area (Å²) in [5.74, 6) is -0.0765. The summed E-state index contributed by atoms with van der Waals surface area (Å²) >= 11 is 0. The first kappa shape index (κ1) is 8.86. The molecule has 0 spiro atoms. The lowest BCUT2D eigenvalue weighted by molar-refractivity contribution is -0.114.